The van der Waals surface area contributed by atoms with E-state index in [0.29, 0.717) is 0 Å². The molecule has 0 radical (unpaired) electrons. The van der Waals surface area contributed by atoms with E-state index in [-0.39, 0.29) is 48.1 Å². The Balaban J connectivity index is 0.000000191. The molecule has 16 heteroatoms. The quantitative estimate of drug-likeness (QED) is 0.391. The van der Waals surface area contributed by atoms with E-state index in [2.05, 4.69) is 20.6 Å². The second-order valence-corrected chi connectivity index (χ2v) is 8.97. The first-order chi connectivity index (χ1) is 15.5. The Morgan fingerprint density at radius 3 is 1.41 bits per heavy atom. The third-order valence-electron chi connectivity index (χ3n) is 5.65. The summed E-state index contributed by atoms with van der Waals surface area (Å²) in [5, 5.41) is 4.23. The number of nitrogens with zero attached hydrogens (tertiary/aromatic N) is 4. The van der Waals surface area contributed by atoms with Crippen molar-refractivity contribution < 1.29 is 26.3 Å². The Morgan fingerprint density at radius 1 is 0.794 bits per heavy atom. The van der Waals surface area contributed by atoms with Gasteiger partial charge in [-0.05, 0) is 26.7 Å². The molecule has 2 aliphatic heterocycles. The highest BCUT2D eigenvalue weighted by molar-refractivity contribution is 6.29. The number of hydrogen-bond acceptors (Lipinski definition) is 6. The molecule has 0 bridgehead atoms. The van der Waals surface area contributed by atoms with E-state index >= 15 is 0 Å². The number of nitrogens with one attached hydrogen (secondary N) is 2. The number of halogens is 8. The zero-order chi connectivity index (χ0) is 25.7. The third-order valence-corrected chi connectivity index (χ3v) is 6.04. The molecule has 34 heavy (non-hydrogen) atoms. The molecular formula is C18H18Cl2F6N6O2. The normalized spacial score (nSPS) is 24.1. The highest BCUT2D eigenvalue weighted by Gasteiger charge is 2.54. The summed E-state index contributed by atoms with van der Waals surface area (Å²) in [7, 11) is 0. The van der Waals surface area contributed by atoms with Crippen molar-refractivity contribution in [2.75, 3.05) is 10.6 Å². The van der Waals surface area contributed by atoms with Crippen LogP contribution in [0.3, 0.4) is 0 Å². The van der Waals surface area contributed by atoms with E-state index in [9.17, 15) is 35.9 Å². The van der Waals surface area contributed by atoms with E-state index in [1.807, 2.05) is 0 Å². The molecule has 0 spiro atoms. The molecule has 0 fully saturated rings. The smallest absolute Gasteiger partial charge is 0.342 e. The Bertz CT molecular complexity index is 1120. The summed E-state index contributed by atoms with van der Waals surface area (Å²) >= 11 is 11.1. The van der Waals surface area contributed by atoms with Gasteiger partial charge in [-0.25, -0.2) is 9.97 Å². The summed E-state index contributed by atoms with van der Waals surface area (Å²) in [4.78, 5) is 30.3. The molecule has 2 atom stereocenters. The number of anilines is 2. The fourth-order valence-electron chi connectivity index (χ4n) is 3.29. The lowest BCUT2D eigenvalue weighted by atomic mass is 9.95. The molecule has 0 unspecified atom stereocenters. The maximum Gasteiger partial charge on any atom is 0.411 e. The van der Waals surface area contributed by atoms with Crippen molar-refractivity contribution >= 4 is 35.1 Å². The lowest BCUT2D eigenvalue weighted by Gasteiger charge is -2.37. The lowest BCUT2D eigenvalue weighted by molar-refractivity contribution is -0.178. The monoisotopic (exact) mass is 534 g/mol. The van der Waals surface area contributed by atoms with E-state index in [4.69, 9.17) is 23.2 Å². The van der Waals surface area contributed by atoms with Crippen molar-refractivity contribution in [2.45, 2.75) is 63.2 Å². The first-order valence-electron chi connectivity index (χ1n) is 9.70. The fourth-order valence-corrected chi connectivity index (χ4v) is 3.64. The SMILES string of the molecule is C[C@@]1(C(F)(F)F)CCn2c(nc(Cl)cc2=O)N1.C[C@]1(C(F)(F)F)CCn2c(nc(Cl)cc2=O)N1. The Hall–Kier alpha value is -2.48. The molecule has 0 aromatic carbocycles. The van der Waals surface area contributed by atoms with Crippen LogP contribution in [0.2, 0.25) is 10.3 Å². The molecule has 4 rings (SSSR count). The largest absolute Gasteiger partial charge is 0.411 e. The van der Waals surface area contributed by atoms with Crippen LogP contribution in [0, 0.1) is 0 Å². The second kappa shape index (κ2) is 8.63. The van der Waals surface area contributed by atoms with Gasteiger partial charge in [0.15, 0.2) is 0 Å². The van der Waals surface area contributed by atoms with Crippen LogP contribution in [0.1, 0.15) is 26.7 Å². The van der Waals surface area contributed by atoms with Gasteiger partial charge in [0.05, 0.1) is 0 Å². The second-order valence-electron chi connectivity index (χ2n) is 8.19. The van der Waals surface area contributed by atoms with Gasteiger partial charge in [-0.1, -0.05) is 23.2 Å². The fraction of sp³-hybridized carbons (Fsp3) is 0.556. The zero-order valence-corrected chi connectivity index (χ0v) is 19.1. The van der Waals surface area contributed by atoms with Gasteiger partial charge in [0.1, 0.15) is 21.4 Å². The van der Waals surface area contributed by atoms with Crippen LogP contribution >= 0.6 is 23.2 Å². The van der Waals surface area contributed by atoms with Crippen LogP contribution in [0.15, 0.2) is 21.7 Å². The van der Waals surface area contributed by atoms with Crippen LogP contribution in [-0.2, 0) is 13.1 Å². The highest BCUT2D eigenvalue weighted by Crippen LogP contribution is 2.39. The standard InChI is InChI=1S/2C9H9ClF3N3O/c2*1-8(9(11,12)13)2-3-16-6(17)4-5(10)14-7(16)15-8/h2*4H,2-3H2,1H3,(H,14,15)/t2*8-/m10/s1. The molecule has 188 valence electrons. The van der Waals surface area contributed by atoms with Gasteiger partial charge >= 0.3 is 12.4 Å². The summed E-state index contributed by atoms with van der Waals surface area (Å²) in [5.41, 5.74) is -5.10. The summed E-state index contributed by atoms with van der Waals surface area (Å²) in [6.07, 6.45) is -9.30. The minimum Gasteiger partial charge on any atom is -0.342 e. The molecule has 4 heterocycles. The van der Waals surface area contributed by atoms with Crippen molar-refractivity contribution in [3.05, 3.63) is 43.1 Å². The first kappa shape index (κ1) is 26.1. The number of alkyl halides is 6. The highest BCUT2D eigenvalue weighted by atomic mass is 35.5. The van der Waals surface area contributed by atoms with Gasteiger partial charge < -0.3 is 10.6 Å². The number of rotatable bonds is 0. The maximum absolute atomic E-state index is 12.8. The maximum atomic E-state index is 12.8. The minimum absolute atomic E-state index is 0.0403. The molecular weight excluding hydrogens is 517 g/mol. The molecule has 2 aliphatic rings. The summed E-state index contributed by atoms with van der Waals surface area (Å²) in [5.74, 6) is -0.290. The Labute approximate surface area is 197 Å². The van der Waals surface area contributed by atoms with Gasteiger partial charge in [-0.3, -0.25) is 18.7 Å². The van der Waals surface area contributed by atoms with E-state index < -0.39 is 34.5 Å². The van der Waals surface area contributed by atoms with E-state index in [1.165, 1.54) is 0 Å². The van der Waals surface area contributed by atoms with Crippen LogP contribution in [-0.4, -0.2) is 42.5 Å². The van der Waals surface area contributed by atoms with Crippen LogP contribution in [0.4, 0.5) is 38.2 Å². The number of fused-ring (bicyclic) bond motifs is 2. The van der Waals surface area contributed by atoms with Crippen molar-refractivity contribution in [1.82, 2.24) is 19.1 Å². The van der Waals surface area contributed by atoms with Gasteiger partial charge in [0.2, 0.25) is 11.9 Å². The molecule has 8 nitrogen and oxygen atoms in total. The Morgan fingerprint density at radius 2 is 1.12 bits per heavy atom. The molecule has 2 aromatic rings. The topological polar surface area (TPSA) is 93.8 Å². The van der Waals surface area contributed by atoms with Gasteiger partial charge in [-0.15, -0.1) is 0 Å². The van der Waals surface area contributed by atoms with Crippen molar-refractivity contribution in [3.8, 4) is 0 Å². The van der Waals surface area contributed by atoms with Crippen LogP contribution in [0.5, 0.6) is 0 Å². The Kier molecular flexibility index (Phi) is 6.63. The average molecular weight is 535 g/mol. The molecule has 0 amide bonds. The van der Waals surface area contributed by atoms with Gasteiger partial charge in [0, 0.05) is 25.2 Å². The molecule has 0 saturated carbocycles. The predicted molar refractivity (Wildman–Crippen MR) is 112 cm³/mol. The molecule has 2 N–H and O–H groups in total. The summed E-state index contributed by atoms with van der Waals surface area (Å²) < 4.78 is 79.1. The third kappa shape index (κ3) is 4.97. The number of aromatic nitrogens is 4. The van der Waals surface area contributed by atoms with Crippen molar-refractivity contribution in [1.29, 1.82) is 0 Å². The van der Waals surface area contributed by atoms with E-state index in [0.717, 1.165) is 35.1 Å². The van der Waals surface area contributed by atoms with Gasteiger partial charge in [-0.2, -0.15) is 26.3 Å². The number of hydrogen-bond donors (Lipinski definition) is 2. The predicted octanol–water partition coefficient (Wildman–Crippen LogP) is 4.07. The molecule has 0 aliphatic carbocycles. The van der Waals surface area contributed by atoms with E-state index in [1.54, 1.807) is 0 Å². The van der Waals surface area contributed by atoms with Crippen molar-refractivity contribution in [3.63, 3.8) is 0 Å². The minimum atomic E-state index is -4.42. The lowest BCUT2D eigenvalue weighted by Crippen LogP contribution is -2.54. The van der Waals surface area contributed by atoms with Crippen LogP contribution in [0.25, 0.3) is 0 Å². The summed E-state index contributed by atoms with van der Waals surface area (Å²) in [6.45, 7) is 1.98. The first-order valence-corrected chi connectivity index (χ1v) is 10.5. The van der Waals surface area contributed by atoms with Gasteiger partial charge in [0.25, 0.3) is 11.1 Å². The van der Waals surface area contributed by atoms with Crippen molar-refractivity contribution in [2.24, 2.45) is 0 Å². The molecule has 2 aromatic heterocycles. The summed E-state index contributed by atoms with van der Waals surface area (Å²) in [6, 6.07) is 2.14. The average Bonchev–Trinajstić information content (AvgIpc) is 2.65. The zero-order valence-electron chi connectivity index (χ0n) is 17.6. The van der Waals surface area contributed by atoms with Crippen LogP contribution < -0.4 is 21.8 Å². The molecule has 0 saturated heterocycles.